The van der Waals surface area contributed by atoms with Crippen LogP contribution >= 0.6 is 11.8 Å². The van der Waals surface area contributed by atoms with Crippen molar-refractivity contribution in [2.75, 3.05) is 0 Å². The second-order valence-electron chi connectivity index (χ2n) is 3.38. The second-order valence-corrected chi connectivity index (χ2v) is 4.53. The van der Waals surface area contributed by atoms with Gasteiger partial charge in [-0.15, -0.1) is 0 Å². The van der Waals surface area contributed by atoms with E-state index in [4.69, 9.17) is 11.1 Å². The number of amidine groups is 1. The van der Waals surface area contributed by atoms with Crippen molar-refractivity contribution in [3.8, 4) is 0 Å². The van der Waals surface area contributed by atoms with E-state index in [0.29, 0.717) is 0 Å². The molecular formula is C14H16N2S. The monoisotopic (exact) mass is 244 g/mol. The van der Waals surface area contributed by atoms with Gasteiger partial charge in [0.25, 0.3) is 0 Å². The number of nitrogens with two attached hydrogens (primary N) is 1. The Kier molecular flexibility index (Phi) is 5.30. The molecule has 1 aromatic rings. The number of benzene rings is 1. The maximum Gasteiger partial charge on any atom is 0.151 e. The fourth-order valence-corrected chi connectivity index (χ4v) is 2.34. The third kappa shape index (κ3) is 3.96. The molecule has 88 valence electrons. The van der Waals surface area contributed by atoms with Gasteiger partial charge < -0.3 is 5.73 Å². The molecule has 3 N–H and O–H groups in total. The normalized spacial score (nSPS) is 12.8. The number of allylic oxidation sites excluding steroid dienone is 3. The smallest absolute Gasteiger partial charge is 0.151 e. The predicted molar refractivity (Wildman–Crippen MR) is 77.2 cm³/mol. The Morgan fingerprint density at radius 3 is 2.41 bits per heavy atom. The van der Waals surface area contributed by atoms with Crippen LogP contribution in [0.1, 0.15) is 10.8 Å². The van der Waals surface area contributed by atoms with Crippen LogP contribution in [0.2, 0.25) is 0 Å². The van der Waals surface area contributed by atoms with Crippen molar-refractivity contribution >= 4 is 16.9 Å². The van der Waals surface area contributed by atoms with Gasteiger partial charge in [-0.05, 0) is 11.1 Å². The summed E-state index contributed by atoms with van der Waals surface area (Å²) in [5.74, 6) is 0. The molecule has 0 aliphatic heterocycles. The Morgan fingerprint density at radius 1 is 1.29 bits per heavy atom. The highest BCUT2D eigenvalue weighted by atomic mass is 32.2. The molecule has 0 bridgehead atoms. The van der Waals surface area contributed by atoms with Crippen LogP contribution in [0.25, 0.3) is 0 Å². The molecular weight excluding hydrogens is 228 g/mol. The van der Waals surface area contributed by atoms with E-state index >= 15 is 0 Å². The van der Waals surface area contributed by atoms with Crippen LogP contribution < -0.4 is 5.73 Å². The first kappa shape index (κ1) is 13.3. The first-order valence-corrected chi connectivity index (χ1v) is 6.07. The zero-order valence-electron chi connectivity index (χ0n) is 9.60. The Hall–Kier alpha value is -1.74. The Balaban J connectivity index is 3.11. The Morgan fingerprint density at radius 2 is 1.94 bits per heavy atom. The molecule has 0 aliphatic carbocycles. The van der Waals surface area contributed by atoms with Crippen molar-refractivity contribution in [2.24, 2.45) is 5.73 Å². The molecule has 0 saturated heterocycles. The summed E-state index contributed by atoms with van der Waals surface area (Å²) in [4.78, 5) is 0. The van der Waals surface area contributed by atoms with E-state index in [2.05, 4.69) is 13.2 Å². The topological polar surface area (TPSA) is 49.9 Å². The van der Waals surface area contributed by atoms with Crippen LogP contribution in [-0.2, 0) is 0 Å². The highest BCUT2D eigenvalue weighted by Gasteiger charge is 2.16. The molecule has 1 atom stereocenters. The summed E-state index contributed by atoms with van der Waals surface area (Å²) in [6, 6.07) is 9.93. The van der Waals surface area contributed by atoms with Crippen molar-refractivity contribution in [3.05, 3.63) is 72.9 Å². The SMILES string of the molecule is C=C/C=C(\C=C)C(SC(=N)N)c1ccccc1. The summed E-state index contributed by atoms with van der Waals surface area (Å²) in [6.45, 7) is 7.48. The molecule has 0 fully saturated rings. The van der Waals surface area contributed by atoms with Gasteiger partial charge in [-0.25, -0.2) is 0 Å². The molecule has 0 heterocycles. The lowest BCUT2D eigenvalue weighted by Gasteiger charge is -2.17. The average molecular weight is 244 g/mol. The van der Waals surface area contributed by atoms with E-state index in [0.717, 1.165) is 11.1 Å². The van der Waals surface area contributed by atoms with E-state index in [1.165, 1.54) is 11.8 Å². The molecule has 17 heavy (non-hydrogen) atoms. The Labute approximate surface area is 106 Å². The van der Waals surface area contributed by atoms with Crippen molar-refractivity contribution in [1.82, 2.24) is 0 Å². The largest absolute Gasteiger partial charge is 0.379 e. The number of rotatable bonds is 5. The van der Waals surface area contributed by atoms with Gasteiger partial charge in [0.05, 0.1) is 5.25 Å². The average Bonchev–Trinajstić information content (AvgIpc) is 2.34. The summed E-state index contributed by atoms with van der Waals surface area (Å²) in [6.07, 6.45) is 5.38. The maximum atomic E-state index is 7.43. The second kappa shape index (κ2) is 6.76. The van der Waals surface area contributed by atoms with Crippen LogP contribution in [0.15, 0.2) is 67.3 Å². The predicted octanol–water partition coefficient (Wildman–Crippen LogP) is 3.65. The van der Waals surface area contributed by atoms with E-state index < -0.39 is 0 Å². The summed E-state index contributed by atoms with van der Waals surface area (Å²) < 4.78 is 0. The van der Waals surface area contributed by atoms with Gasteiger partial charge in [-0.3, -0.25) is 5.41 Å². The van der Waals surface area contributed by atoms with Crippen LogP contribution in [0.5, 0.6) is 0 Å². The lowest BCUT2D eigenvalue weighted by Crippen LogP contribution is -2.09. The summed E-state index contributed by atoms with van der Waals surface area (Å²) in [5, 5.41) is 7.51. The molecule has 0 aromatic heterocycles. The molecule has 1 rings (SSSR count). The minimum atomic E-state index is -0.0100. The van der Waals surface area contributed by atoms with Crippen molar-refractivity contribution in [3.63, 3.8) is 0 Å². The molecule has 1 unspecified atom stereocenters. The summed E-state index contributed by atoms with van der Waals surface area (Å²) in [5.41, 5.74) is 7.57. The van der Waals surface area contributed by atoms with E-state index in [1.807, 2.05) is 36.4 Å². The summed E-state index contributed by atoms with van der Waals surface area (Å²) >= 11 is 1.30. The molecule has 0 saturated carbocycles. The first-order chi connectivity index (χ1) is 8.19. The minimum absolute atomic E-state index is 0.0100. The fraction of sp³-hybridized carbons (Fsp3) is 0.0714. The zero-order chi connectivity index (χ0) is 12.7. The van der Waals surface area contributed by atoms with Gasteiger partial charge in [0, 0.05) is 0 Å². The fourth-order valence-electron chi connectivity index (χ4n) is 1.48. The van der Waals surface area contributed by atoms with Crippen molar-refractivity contribution in [1.29, 1.82) is 5.41 Å². The molecule has 0 radical (unpaired) electrons. The van der Waals surface area contributed by atoms with Crippen molar-refractivity contribution < 1.29 is 0 Å². The number of hydrogen-bond donors (Lipinski definition) is 2. The number of nitrogens with one attached hydrogen (secondary N) is 1. The number of thioether (sulfide) groups is 1. The molecule has 0 amide bonds. The third-order valence-corrected chi connectivity index (χ3v) is 3.23. The molecule has 3 heteroatoms. The molecule has 0 aliphatic rings. The molecule has 2 nitrogen and oxygen atoms in total. The van der Waals surface area contributed by atoms with Gasteiger partial charge >= 0.3 is 0 Å². The van der Waals surface area contributed by atoms with Gasteiger partial charge in [0.2, 0.25) is 0 Å². The standard InChI is InChI=1S/C14H16N2S/c1-3-8-11(4-2)13(17-14(15)16)12-9-6-5-7-10-12/h3-10,13H,1-2H2,(H3,15,16)/b11-8+. The van der Waals surface area contributed by atoms with Gasteiger partial charge in [0.1, 0.15) is 0 Å². The van der Waals surface area contributed by atoms with Gasteiger partial charge in [-0.2, -0.15) is 0 Å². The highest BCUT2D eigenvalue weighted by Crippen LogP contribution is 2.35. The molecule has 1 aromatic carbocycles. The maximum absolute atomic E-state index is 7.43. The zero-order valence-corrected chi connectivity index (χ0v) is 10.4. The van der Waals surface area contributed by atoms with E-state index in [-0.39, 0.29) is 10.4 Å². The van der Waals surface area contributed by atoms with Crippen molar-refractivity contribution in [2.45, 2.75) is 5.25 Å². The summed E-state index contributed by atoms with van der Waals surface area (Å²) in [7, 11) is 0. The quantitative estimate of drug-likeness (QED) is 0.472. The van der Waals surface area contributed by atoms with Crippen LogP contribution in [0.4, 0.5) is 0 Å². The van der Waals surface area contributed by atoms with Gasteiger partial charge in [-0.1, -0.05) is 73.5 Å². The number of hydrogen-bond acceptors (Lipinski definition) is 2. The van der Waals surface area contributed by atoms with Crippen LogP contribution in [-0.4, -0.2) is 5.17 Å². The third-order valence-electron chi connectivity index (χ3n) is 2.20. The first-order valence-electron chi connectivity index (χ1n) is 5.19. The lowest BCUT2D eigenvalue weighted by atomic mass is 10.0. The van der Waals surface area contributed by atoms with Gasteiger partial charge in [0.15, 0.2) is 5.17 Å². The Bertz CT molecular complexity index is 435. The van der Waals surface area contributed by atoms with Crippen LogP contribution in [0.3, 0.4) is 0 Å². The lowest BCUT2D eigenvalue weighted by molar-refractivity contribution is 1.17. The van der Waals surface area contributed by atoms with E-state index in [9.17, 15) is 0 Å². The van der Waals surface area contributed by atoms with E-state index in [1.54, 1.807) is 12.2 Å². The minimum Gasteiger partial charge on any atom is -0.379 e. The van der Waals surface area contributed by atoms with Crippen LogP contribution in [0, 0.1) is 5.41 Å². The molecule has 0 spiro atoms. The highest BCUT2D eigenvalue weighted by molar-refractivity contribution is 8.14.